The van der Waals surface area contributed by atoms with Crippen LogP contribution in [0.3, 0.4) is 0 Å². The number of nitrogens with one attached hydrogen (secondary N) is 2. The number of hydrogen-bond donors (Lipinski definition) is 2. The van der Waals surface area contributed by atoms with E-state index in [0.717, 1.165) is 12.1 Å². The third kappa shape index (κ3) is 4.69. The van der Waals surface area contributed by atoms with Crippen LogP contribution < -0.4 is 10.6 Å². The summed E-state index contributed by atoms with van der Waals surface area (Å²) in [5, 5.41) is 9.49. The first-order valence-electron chi connectivity index (χ1n) is 9.81. The van der Waals surface area contributed by atoms with Crippen molar-refractivity contribution in [2.45, 2.75) is 13.1 Å². The van der Waals surface area contributed by atoms with Crippen molar-refractivity contribution in [2.75, 3.05) is 10.6 Å². The van der Waals surface area contributed by atoms with Gasteiger partial charge in [-0.15, -0.1) is 0 Å². The summed E-state index contributed by atoms with van der Waals surface area (Å²) in [7, 11) is 1.65. The second-order valence-electron chi connectivity index (χ2n) is 7.38. The Hall–Kier alpha value is -4.21. The van der Waals surface area contributed by atoms with Gasteiger partial charge in [-0.2, -0.15) is 18.3 Å². The van der Waals surface area contributed by atoms with Crippen molar-refractivity contribution in [3.8, 4) is 0 Å². The Labute approximate surface area is 186 Å². The minimum Gasteiger partial charge on any atom is -0.322 e. The van der Waals surface area contributed by atoms with Crippen LogP contribution in [-0.2, 0) is 13.2 Å². The molecular formula is C23H18F3N5O2. The summed E-state index contributed by atoms with van der Waals surface area (Å²) in [5.41, 5.74) is 0.326. The lowest BCUT2D eigenvalue weighted by molar-refractivity contribution is -0.137. The molecule has 0 aliphatic heterocycles. The fourth-order valence-corrected chi connectivity index (χ4v) is 3.29. The third-order valence-electron chi connectivity index (χ3n) is 5.02. The second kappa shape index (κ2) is 8.38. The van der Waals surface area contributed by atoms with Crippen LogP contribution in [0.1, 0.15) is 32.1 Å². The van der Waals surface area contributed by atoms with Gasteiger partial charge in [0.15, 0.2) is 5.69 Å². The molecule has 2 aromatic carbocycles. The Morgan fingerprint density at radius 1 is 0.939 bits per heavy atom. The van der Waals surface area contributed by atoms with Crippen molar-refractivity contribution < 1.29 is 22.8 Å². The molecular weight excluding hydrogens is 435 g/mol. The zero-order valence-electron chi connectivity index (χ0n) is 17.6. The van der Waals surface area contributed by atoms with Gasteiger partial charge >= 0.3 is 6.18 Å². The number of para-hydroxylation sites is 1. The predicted octanol–water partition coefficient (Wildman–Crippen LogP) is 4.80. The van der Waals surface area contributed by atoms with Gasteiger partial charge in [0.1, 0.15) is 0 Å². The predicted molar refractivity (Wildman–Crippen MR) is 117 cm³/mol. The highest BCUT2D eigenvalue weighted by molar-refractivity contribution is 6.12. The van der Waals surface area contributed by atoms with E-state index in [9.17, 15) is 22.8 Å². The summed E-state index contributed by atoms with van der Waals surface area (Å²) < 4.78 is 41.9. The highest BCUT2D eigenvalue weighted by Crippen LogP contribution is 2.34. The van der Waals surface area contributed by atoms with E-state index in [4.69, 9.17) is 0 Å². The molecule has 7 nitrogen and oxygen atoms in total. The van der Waals surface area contributed by atoms with Gasteiger partial charge in [0, 0.05) is 35.7 Å². The van der Waals surface area contributed by atoms with E-state index in [-0.39, 0.29) is 22.6 Å². The number of hydrogen-bond acceptors (Lipinski definition) is 4. The molecule has 0 bridgehead atoms. The first kappa shape index (κ1) is 22.0. The van der Waals surface area contributed by atoms with Crippen molar-refractivity contribution in [2.24, 2.45) is 7.05 Å². The van der Waals surface area contributed by atoms with E-state index in [1.165, 1.54) is 29.1 Å². The lowest BCUT2D eigenvalue weighted by Crippen LogP contribution is -2.17. The number of pyridine rings is 1. The van der Waals surface area contributed by atoms with Crippen LogP contribution >= 0.6 is 0 Å². The van der Waals surface area contributed by atoms with Crippen LogP contribution in [0.15, 0.2) is 60.8 Å². The Morgan fingerprint density at radius 3 is 2.24 bits per heavy atom. The average Bonchev–Trinajstić information content (AvgIpc) is 3.11. The molecule has 0 fully saturated rings. The Bertz CT molecular complexity index is 1350. The summed E-state index contributed by atoms with van der Waals surface area (Å²) in [5.74, 6) is -1.28. The van der Waals surface area contributed by atoms with Crippen molar-refractivity contribution in [1.29, 1.82) is 0 Å². The lowest BCUT2D eigenvalue weighted by Gasteiger charge is -2.14. The number of anilines is 2. The van der Waals surface area contributed by atoms with Gasteiger partial charge in [-0.25, -0.2) is 0 Å². The molecule has 4 aromatic rings. The second-order valence-corrected chi connectivity index (χ2v) is 7.38. The fraction of sp³-hybridized carbons (Fsp3) is 0.130. The fourth-order valence-electron chi connectivity index (χ4n) is 3.29. The quantitative estimate of drug-likeness (QED) is 0.465. The number of alkyl halides is 3. The highest BCUT2D eigenvalue weighted by Gasteiger charge is 2.31. The van der Waals surface area contributed by atoms with Crippen molar-refractivity contribution in [3.63, 3.8) is 0 Å². The van der Waals surface area contributed by atoms with E-state index in [0.29, 0.717) is 16.6 Å². The van der Waals surface area contributed by atoms with Gasteiger partial charge < -0.3 is 10.6 Å². The zero-order valence-corrected chi connectivity index (χ0v) is 17.6. The number of carbonyl (C=O) groups excluding carboxylic acids is 2. The van der Waals surface area contributed by atoms with Crippen molar-refractivity contribution in [1.82, 2.24) is 14.8 Å². The molecule has 168 valence electrons. The van der Waals surface area contributed by atoms with Gasteiger partial charge in [-0.05, 0) is 43.3 Å². The van der Waals surface area contributed by atoms with Crippen molar-refractivity contribution in [3.05, 3.63) is 83.3 Å². The molecule has 10 heteroatoms. The number of carbonyl (C=O) groups is 2. The minimum atomic E-state index is -4.69. The van der Waals surface area contributed by atoms with E-state index in [1.807, 2.05) is 0 Å². The van der Waals surface area contributed by atoms with E-state index in [2.05, 4.69) is 20.7 Å². The molecule has 33 heavy (non-hydrogen) atoms. The summed E-state index contributed by atoms with van der Waals surface area (Å²) in [4.78, 5) is 29.5. The van der Waals surface area contributed by atoms with Crippen LogP contribution in [0.25, 0.3) is 10.9 Å². The Balaban J connectivity index is 1.66. The molecule has 2 aromatic heterocycles. The topological polar surface area (TPSA) is 88.9 Å². The van der Waals surface area contributed by atoms with Crippen LogP contribution in [-0.4, -0.2) is 26.6 Å². The molecule has 2 heterocycles. The standard InChI is InChI=1S/C23H18F3N5O2/c1-13-9-20(30-31(13)2)22(33)29-16-11-14(23(24,25)26)10-15(12-16)28-21(32)18-7-8-27-19-6-4-3-5-17(18)19/h3-12H,1-2H3,(H,28,32)(H,29,33). The van der Waals surface area contributed by atoms with Gasteiger partial charge in [-0.1, -0.05) is 18.2 Å². The van der Waals surface area contributed by atoms with E-state index in [1.54, 1.807) is 38.2 Å². The van der Waals surface area contributed by atoms with E-state index >= 15 is 0 Å². The molecule has 0 radical (unpaired) electrons. The summed E-state index contributed by atoms with van der Waals surface area (Å²) in [6.45, 7) is 1.74. The largest absolute Gasteiger partial charge is 0.416 e. The monoisotopic (exact) mass is 453 g/mol. The Morgan fingerprint density at radius 2 is 1.61 bits per heavy atom. The first-order chi connectivity index (χ1) is 15.6. The number of fused-ring (bicyclic) bond motifs is 1. The van der Waals surface area contributed by atoms with Gasteiger partial charge in [0.25, 0.3) is 11.8 Å². The number of amides is 2. The first-order valence-corrected chi connectivity index (χ1v) is 9.81. The molecule has 0 unspecified atom stereocenters. The number of halogens is 3. The number of nitrogens with zero attached hydrogens (tertiary/aromatic N) is 3. The van der Waals surface area contributed by atoms with Crippen LogP contribution in [0, 0.1) is 6.92 Å². The molecule has 0 saturated heterocycles. The average molecular weight is 453 g/mol. The molecule has 0 spiro atoms. The normalized spacial score (nSPS) is 11.4. The molecule has 2 N–H and O–H groups in total. The molecule has 0 aliphatic rings. The van der Waals surface area contributed by atoms with Gasteiger partial charge in [0.2, 0.25) is 0 Å². The maximum absolute atomic E-state index is 13.5. The number of aromatic nitrogens is 3. The maximum atomic E-state index is 13.5. The molecule has 0 aliphatic carbocycles. The SMILES string of the molecule is Cc1cc(C(=O)Nc2cc(NC(=O)c3ccnc4ccccc34)cc(C(F)(F)F)c2)nn1C. The number of benzene rings is 2. The van der Waals surface area contributed by atoms with E-state index < -0.39 is 23.6 Å². The minimum absolute atomic E-state index is 0.0567. The van der Waals surface area contributed by atoms with Gasteiger partial charge in [-0.3, -0.25) is 19.3 Å². The summed E-state index contributed by atoms with van der Waals surface area (Å²) in [6.07, 6.45) is -3.24. The number of aryl methyl sites for hydroxylation is 2. The zero-order chi connectivity index (χ0) is 23.8. The molecule has 0 saturated carbocycles. The van der Waals surface area contributed by atoms with Crippen molar-refractivity contribution >= 4 is 34.1 Å². The molecule has 2 amide bonds. The van der Waals surface area contributed by atoms with Crippen LogP contribution in [0.2, 0.25) is 0 Å². The van der Waals surface area contributed by atoms with Crippen LogP contribution in [0.5, 0.6) is 0 Å². The number of rotatable bonds is 4. The highest BCUT2D eigenvalue weighted by atomic mass is 19.4. The third-order valence-corrected chi connectivity index (χ3v) is 5.02. The Kier molecular flexibility index (Phi) is 5.59. The lowest BCUT2D eigenvalue weighted by atomic mass is 10.1. The summed E-state index contributed by atoms with van der Waals surface area (Å²) >= 11 is 0. The molecule has 4 rings (SSSR count). The molecule has 0 atom stereocenters. The van der Waals surface area contributed by atoms with Crippen LogP contribution in [0.4, 0.5) is 24.5 Å². The summed E-state index contributed by atoms with van der Waals surface area (Å²) in [6, 6.07) is 12.8. The van der Waals surface area contributed by atoms with Gasteiger partial charge in [0.05, 0.1) is 16.6 Å². The maximum Gasteiger partial charge on any atom is 0.416 e. The smallest absolute Gasteiger partial charge is 0.322 e.